The molecule has 3 heterocycles. The van der Waals surface area contributed by atoms with Crippen LogP contribution in [0.1, 0.15) is 56.9 Å². The molecule has 0 fully saturated rings. The molecule has 7 rings (SSSR count). The van der Waals surface area contributed by atoms with Crippen LogP contribution in [0.2, 0.25) is 0 Å². The molecule has 0 bridgehead atoms. The van der Waals surface area contributed by atoms with Gasteiger partial charge in [0.15, 0.2) is 6.20 Å². The lowest BCUT2D eigenvalue weighted by atomic mass is 9.84. The Morgan fingerprint density at radius 1 is 0.750 bits per heavy atom. The van der Waals surface area contributed by atoms with Crippen molar-refractivity contribution in [3.8, 4) is 0 Å². The van der Waals surface area contributed by atoms with E-state index in [-0.39, 0.29) is 8.84 Å². The lowest BCUT2D eigenvalue weighted by Gasteiger charge is -2.24. The molecule has 0 aliphatic carbocycles. The van der Waals surface area contributed by atoms with Gasteiger partial charge in [-0.3, -0.25) is 0 Å². The molecule has 40 heavy (non-hydrogen) atoms. The van der Waals surface area contributed by atoms with Crippen LogP contribution in [0.15, 0.2) is 60.8 Å². The molecule has 3 aromatic heterocycles. The number of pyridine rings is 2. The van der Waals surface area contributed by atoms with Crippen molar-refractivity contribution in [3.05, 3.63) is 83.0 Å². The zero-order valence-electron chi connectivity index (χ0n) is 25.0. The number of rotatable bonds is 3. The van der Waals surface area contributed by atoms with Gasteiger partial charge < -0.3 is 4.40 Å². The molecule has 2 nitrogen and oxygen atoms in total. The summed E-state index contributed by atoms with van der Waals surface area (Å²) in [6, 6.07) is 21.3. The first-order valence-electron chi connectivity index (χ1n) is 14.5. The van der Waals surface area contributed by atoms with Crippen LogP contribution in [0, 0.1) is 19.3 Å². The third kappa shape index (κ3) is 3.83. The van der Waals surface area contributed by atoms with E-state index in [9.17, 15) is 0 Å². The Labute approximate surface area is 250 Å². The summed E-state index contributed by atoms with van der Waals surface area (Å²) in [6.07, 6.45) is 4.32. The van der Waals surface area contributed by atoms with E-state index in [1.165, 1.54) is 82.0 Å². The van der Waals surface area contributed by atoms with Gasteiger partial charge in [0.2, 0.25) is 5.52 Å². The van der Waals surface area contributed by atoms with Crippen LogP contribution in [-0.2, 0) is 19.9 Å². The summed E-state index contributed by atoms with van der Waals surface area (Å²) in [7, 11) is 2.22. The minimum Gasteiger partial charge on any atom is -0.307 e. The Morgan fingerprint density at radius 3 is 2.23 bits per heavy atom. The normalized spacial score (nSPS) is 13.3. The van der Waals surface area contributed by atoms with Gasteiger partial charge in [-0.15, -0.1) is 0 Å². The van der Waals surface area contributed by atoms with Crippen LogP contribution in [-0.4, -0.2) is 7.82 Å². The molecule has 3 heteroatoms. The Hall–Kier alpha value is -2.92. The maximum Gasteiger partial charge on any atom is 0.224 e. The Kier molecular flexibility index (Phi) is 5.56. The van der Waals surface area contributed by atoms with E-state index in [0.717, 1.165) is 12.8 Å². The van der Waals surface area contributed by atoms with E-state index >= 15 is 0 Å². The molecule has 0 spiro atoms. The minimum absolute atomic E-state index is 0.113. The second kappa shape index (κ2) is 8.55. The molecule has 0 saturated carbocycles. The van der Waals surface area contributed by atoms with E-state index in [4.69, 9.17) is 0 Å². The number of halogens is 1. The molecule has 0 radical (unpaired) electrons. The summed E-state index contributed by atoms with van der Waals surface area (Å²) in [4.78, 5) is 0. The van der Waals surface area contributed by atoms with Crippen molar-refractivity contribution < 1.29 is 4.57 Å². The standard InChI is InChI=1S/C37H38IN2/c1-21-9-14-30-28(17-21)26-13-11-24-15-16-39(8)35-31-22(2)27-18-23(19-36(3,4)5)10-12-25(27)29(20-37(6,7)38)34(31)40(30)33(26)32(24)35/h9-18H,19-20H2,1-8H3/q+1. The molecule has 7 aromatic rings. The minimum atomic E-state index is 0.113. The SMILES string of the molecule is Cc1ccc2c(c1)c1ccc3cc[n+](C)c4c5c(C)c6cc(CC(C)(C)C)ccc6c(CC(C)(C)I)c5n2c1c34. The molecule has 0 saturated heterocycles. The van der Waals surface area contributed by atoms with E-state index in [1.54, 1.807) is 0 Å². The highest BCUT2D eigenvalue weighted by molar-refractivity contribution is 14.1. The van der Waals surface area contributed by atoms with E-state index in [2.05, 4.69) is 148 Å². The molecule has 0 amide bonds. The topological polar surface area (TPSA) is 8.29 Å². The first-order valence-corrected chi connectivity index (χ1v) is 15.5. The quantitative estimate of drug-likeness (QED) is 0.0600. The average molecular weight is 638 g/mol. The number of fused-ring (bicyclic) bond motifs is 7. The first-order chi connectivity index (χ1) is 18.8. The van der Waals surface area contributed by atoms with Crippen molar-refractivity contribution in [3.63, 3.8) is 0 Å². The van der Waals surface area contributed by atoms with E-state index in [1.807, 2.05) is 0 Å². The van der Waals surface area contributed by atoms with Gasteiger partial charge in [0.05, 0.1) is 27.3 Å². The molecule has 4 aromatic carbocycles. The highest BCUT2D eigenvalue weighted by Crippen LogP contribution is 2.45. The van der Waals surface area contributed by atoms with Gasteiger partial charge >= 0.3 is 0 Å². The monoisotopic (exact) mass is 637 g/mol. The number of aromatic nitrogens is 2. The van der Waals surface area contributed by atoms with Gasteiger partial charge in [-0.25, -0.2) is 4.57 Å². The van der Waals surface area contributed by atoms with Crippen molar-refractivity contribution in [2.75, 3.05) is 0 Å². The molecule has 0 aliphatic heterocycles. The largest absolute Gasteiger partial charge is 0.307 e. The van der Waals surface area contributed by atoms with Crippen LogP contribution in [0.4, 0.5) is 0 Å². The summed E-state index contributed by atoms with van der Waals surface area (Å²) in [6.45, 7) is 16.3. The maximum atomic E-state index is 2.65. The summed E-state index contributed by atoms with van der Waals surface area (Å²) >= 11 is 2.65. The number of hydrogen-bond donors (Lipinski definition) is 0. The van der Waals surface area contributed by atoms with Gasteiger partial charge in [0, 0.05) is 20.3 Å². The fourth-order valence-electron chi connectivity index (χ4n) is 7.22. The second-order valence-corrected chi connectivity index (χ2v) is 16.8. The van der Waals surface area contributed by atoms with Crippen molar-refractivity contribution in [2.45, 2.75) is 64.7 Å². The third-order valence-electron chi connectivity index (χ3n) is 8.69. The van der Waals surface area contributed by atoms with Gasteiger partial charge in [-0.1, -0.05) is 99.2 Å². The maximum absolute atomic E-state index is 2.65. The Bertz CT molecular complexity index is 2150. The zero-order chi connectivity index (χ0) is 28.3. The average Bonchev–Trinajstić information content (AvgIpc) is 3.18. The van der Waals surface area contributed by atoms with Gasteiger partial charge in [-0.2, -0.15) is 0 Å². The summed E-state index contributed by atoms with van der Waals surface area (Å²) < 4.78 is 5.10. The Morgan fingerprint density at radius 2 is 1.50 bits per heavy atom. The molecule has 0 N–H and O–H groups in total. The third-order valence-corrected chi connectivity index (χ3v) is 9.07. The Balaban J connectivity index is 1.82. The lowest BCUT2D eigenvalue weighted by molar-refractivity contribution is -0.643. The van der Waals surface area contributed by atoms with Crippen LogP contribution in [0.25, 0.3) is 59.8 Å². The molecule has 0 aliphatic rings. The molecular weight excluding hydrogens is 599 g/mol. The summed E-state index contributed by atoms with van der Waals surface area (Å²) in [5.74, 6) is 0. The van der Waals surface area contributed by atoms with Crippen LogP contribution < -0.4 is 4.57 Å². The zero-order valence-corrected chi connectivity index (χ0v) is 27.1. The van der Waals surface area contributed by atoms with Crippen molar-refractivity contribution >= 4 is 82.4 Å². The number of alkyl halides is 1. The summed E-state index contributed by atoms with van der Waals surface area (Å²) in [5, 5.41) is 9.57. The van der Waals surface area contributed by atoms with Crippen LogP contribution in [0.3, 0.4) is 0 Å². The van der Waals surface area contributed by atoms with Crippen molar-refractivity contribution in [1.82, 2.24) is 4.40 Å². The number of hydrogen-bond acceptors (Lipinski definition) is 0. The number of aryl methyl sites for hydroxylation is 3. The molecule has 0 atom stereocenters. The van der Waals surface area contributed by atoms with E-state index in [0.29, 0.717) is 0 Å². The smallest absolute Gasteiger partial charge is 0.224 e. The summed E-state index contributed by atoms with van der Waals surface area (Å²) in [5.41, 5.74) is 11.2. The molecular formula is C37H38IN2+. The van der Waals surface area contributed by atoms with Crippen LogP contribution in [0.5, 0.6) is 0 Å². The van der Waals surface area contributed by atoms with Crippen LogP contribution >= 0.6 is 22.6 Å². The van der Waals surface area contributed by atoms with Crippen molar-refractivity contribution in [1.29, 1.82) is 0 Å². The van der Waals surface area contributed by atoms with Gasteiger partial charge in [-0.05, 0) is 77.1 Å². The predicted octanol–water partition coefficient (Wildman–Crippen LogP) is 9.93. The second-order valence-electron chi connectivity index (χ2n) is 13.9. The highest BCUT2D eigenvalue weighted by Gasteiger charge is 2.29. The van der Waals surface area contributed by atoms with Gasteiger partial charge in [0.25, 0.3) is 0 Å². The fourth-order valence-corrected chi connectivity index (χ4v) is 7.60. The molecule has 202 valence electrons. The highest BCUT2D eigenvalue weighted by atomic mass is 127. The van der Waals surface area contributed by atoms with Crippen molar-refractivity contribution in [2.24, 2.45) is 12.5 Å². The number of benzene rings is 4. The number of nitrogens with zero attached hydrogens (tertiary/aromatic N) is 2. The molecule has 0 unspecified atom stereocenters. The lowest BCUT2D eigenvalue weighted by Crippen LogP contribution is -2.29. The van der Waals surface area contributed by atoms with E-state index < -0.39 is 0 Å². The fraction of sp³-hybridized carbons (Fsp3) is 0.324. The van der Waals surface area contributed by atoms with Gasteiger partial charge in [0.1, 0.15) is 7.05 Å². The first kappa shape index (κ1) is 26.0. The predicted molar refractivity (Wildman–Crippen MR) is 182 cm³/mol.